The summed E-state index contributed by atoms with van der Waals surface area (Å²) in [6.45, 7) is 8.82. The number of hydrogen-bond acceptors (Lipinski definition) is 6. The molecule has 0 amide bonds. The molecule has 0 aliphatic carbocycles. The highest BCUT2D eigenvalue weighted by molar-refractivity contribution is 5.87. The highest BCUT2D eigenvalue weighted by Crippen LogP contribution is 2.37. The predicted octanol–water partition coefficient (Wildman–Crippen LogP) is 7.12. The molecule has 4 N–H and O–H groups in total. The van der Waals surface area contributed by atoms with Gasteiger partial charge in [0.2, 0.25) is 11.9 Å². The summed E-state index contributed by atoms with van der Waals surface area (Å²) in [5, 5.41) is 18.0. The standard InChI is InChI=1S/C15H13F2N3.C15H11F2N3/c2*1-8(2)13-14(17)10(7-18)5-11(15(13)19)9-3-4-20-12(16)6-9/h3-6,8H,19H2,1-2H3;3-6H,1,19H2,2H3. The smallest absolute Gasteiger partial charge is 0.213 e. The van der Waals surface area contributed by atoms with Gasteiger partial charge in [-0.2, -0.15) is 19.3 Å². The van der Waals surface area contributed by atoms with Gasteiger partial charge in [0.1, 0.15) is 18.0 Å². The van der Waals surface area contributed by atoms with Gasteiger partial charge in [0.15, 0.2) is 5.82 Å². The van der Waals surface area contributed by atoms with Crippen LogP contribution in [0.15, 0.2) is 55.4 Å². The topological polar surface area (TPSA) is 125 Å². The second-order valence-electron chi connectivity index (χ2n) is 9.08. The third kappa shape index (κ3) is 5.92. The maximum absolute atomic E-state index is 14.2. The molecule has 40 heavy (non-hydrogen) atoms. The van der Waals surface area contributed by atoms with Gasteiger partial charge in [-0.15, -0.1) is 0 Å². The second-order valence-corrected chi connectivity index (χ2v) is 9.08. The zero-order valence-electron chi connectivity index (χ0n) is 21.9. The average Bonchev–Trinajstić information content (AvgIpc) is 2.89. The van der Waals surface area contributed by atoms with Crippen molar-refractivity contribution in [1.82, 2.24) is 9.97 Å². The minimum atomic E-state index is -0.712. The number of nitrogens with two attached hydrogens (primary N) is 2. The summed E-state index contributed by atoms with van der Waals surface area (Å²) in [6, 6.07) is 11.7. The van der Waals surface area contributed by atoms with E-state index < -0.39 is 23.5 Å². The quantitative estimate of drug-likeness (QED) is 0.160. The molecule has 0 unspecified atom stereocenters. The molecule has 0 spiro atoms. The number of benzene rings is 2. The molecule has 4 rings (SSSR count). The van der Waals surface area contributed by atoms with Crippen LogP contribution in [0.1, 0.15) is 48.9 Å². The Kier molecular flexibility index (Phi) is 8.87. The van der Waals surface area contributed by atoms with Crippen molar-refractivity contribution in [3.63, 3.8) is 0 Å². The van der Waals surface area contributed by atoms with E-state index >= 15 is 0 Å². The summed E-state index contributed by atoms with van der Waals surface area (Å²) in [6.07, 6.45) is 2.58. The fraction of sp³-hybridized carbons (Fsp3) is 0.133. The first-order valence-corrected chi connectivity index (χ1v) is 11.8. The first-order chi connectivity index (χ1) is 18.9. The highest BCUT2D eigenvalue weighted by Gasteiger charge is 2.20. The monoisotopic (exact) mass is 544 g/mol. The molecule has 4 aromatic rings. The fourth-order valence-corrected chi connectivity index (χ4v) is 4.13. The molecule has 0 aliphatic rings. The lowest BCUT2D eigenvalue weighted by atomic mass is 9.92. The summed E-state index contributed by atoms with van der Waals surface area (Å²) in [5.74, 6) is -2.85. The lowest BCUT2D eigenvalue weighted by Gasteiger charge is -2.16. The number of halogens is 4. The maximum Gasteiger partial charge on any atom is 0.213 e. The van der Waals surface area contributed by atoms with Crippen molar-refractivity contribution >= 4 is 16.9 Å². The molecule has 0 saturated carbocycles. The Morgan fingerprint density at radius 1 is 0.800 bits per heavy atom. The van der Waals surface area contributed by atoms with Crippen molar-refractivity contribution in [2.75, 3.05) is 11.5 Å². The minimum Gasteiger partial charge on any atom is -0.398 e. The van der Waals surface area contributed by atoms with Crippen LogP contribution in [0.25, 0.3) is 27.8 Å². The van der Waals surface area contributed by atoms with Crippen molar-refractivity contribution in [3.8, 4) is 34.4 Å². The molecular weight excluding hydrogens is 520 g/mol. The van der Waals surface area contributed by atoms with E-state index in [0.717, 1.165) is 0 Å². The van der Waals surface area contributed by atoms with Crippen molar-refractivity contribution in [3.05, 3.63) is 101 Å². The molecule has 10 heteroatoms. The summed E-state index contributed by atoms with van der Waals surface area (Å²) in [5.41, 5.74) is 14.5. The average molecular weight is 545 g/mol. The Hall–Kier alpha value is -5.22. The van der Waals surface area contributed by atoms with Crippen LogP contribution in [0.5, 0.6) is 0 Å². The van der Waals surface area contributed by atoms with Gasteiger partial charge in [0, 0.05) is 58.2 Å². The molecule has 2 aromatic heterocycles. The van der Waals surface area contributed by atoms with Crippen LogP contribution in [0, 0.1) is 46.2 Å². The summed E-state index contributed by atoms with van der Waals surface area (Å²) >= 11 is 0. The van der Waals surface area contributed by atoms with Gasteiger partial charge in [-0.05, 0) is 53.8 Å². The Labute approximate surface area is 228 Å². The molecule has 0 atom stereocenters. The van der Waals surface area contributed by atoms with Crippen LogP contribution in [-0.2, 0) is 0 Å². The van der Waals surface area contributed by atoms with E-state index in [2.05, 4.69) is 16.5 Å². The van der Waals surface area contributed by atoms with Crippen LogP contribution in [0.3, 0.4) is 0 Å². The van der Waals surface area contributed by atoms with Gasteiger partial charge < -0.3 is 11.5 Å². The normalized spacial score (nSPS) is 10.3. The molecule has 202 valence electrons. The molecule has 0 fully saturated rings. The Morgan fingerprint density at radius 3 is 1.65 bits per heavy atom. The number of nitrogen functional groups attached to an aromatic ring is 2. The molecule has 6 nitrogen and oxygen atoms in total. The number of allylic oxidation sites excluding steroid dienone is 1. The van der Waals surface area contributed by atoms with Crippen LogP contribution in [-0.4, -0.2) is 9.97 Å². The summed E-state index contributed by atoms with van der Waals surface area (Å²) < 4.78 is 54.7. The fourth-order valence-electron chi connectivity index (χ4n) is 4.13. The van der Waals surface area contributed by atoms with E-state index in [9.17, 15) is 17.6 Å². The van der Waals surface area contributed by atoms with Crippen molar-refractivity contribution in [2.45, 2.75) is 26.7 Å². The van der Waals surface area contributed by atoms with Gasteiger partial charge in [-0.1, -0.05) is 20.4 Å². The summed E-state index contributed by atoms with van der Waals surface area (Å²) in [7, 11) is 0. The van der Waals surface area contributed by atoms with Crippen molar-refractivity contribution in [2.24, 2.45) is 0 Å². The van der Waals surface area contributed by atoms with Gasteiger partial charge in [0.05, 0.1) is 11.1 Å². The number of anilines is 2. The van der Waals surface area contributed by atoms with Gasteiger partial charge in [0.25, 0.3) is 0 Å². The highest BCUT2D eigenvalue weighted by atomic mass is 19.1. The van der Waals surface area contributed by atoms with E-state index in [1.807, 2.05) is 0 Å². The molecule has 2 aromatic carbocycles. The predicted molar refractivity (Wildman–Crippen MR) is 146 cm³/mol. The van der Waals surface area contributed by atoms with Crippen LogP contribution in [0.2, 0.25) is 0 Å². The molecule has 0 radical (unpaired) electrons. The molecule has 0 saturated heterocycles. The van der Waals surface area contributed by atoms with Gasteiger partial charge in [-0.3, -0.25) is 0 Å². The third-order valence-corrected chi connectivity index (χ3v) is 5.97. The van der Waals surface area contributed by atoms with Crippen molar-refractivity contribution < 1.29 is 17.6 Å². The maximum atomic E-state index is 14.2. The Morgan fingerprint density at radius 2 is 1.25 bits per heavy atom. The molecule has 0 bridgehead atoms. The SMILES string of the molecule is C=C(C)c1c(N)c(-c2ccnc(F)c2)cc(C#N)c1F.CC(C)c1c(N)c(-c2ccnc(F)c2)cc(C#N)c1F. The van der Waals surface area contributed by atoms with E-state index in [1.54, 1.807) is 39.0 Å². The number of rotatable bonds is 4. The van der Waals surface area contributed by atoms with Crippen molar-refractivity contribution in [1.29, 1.82) is 10.5 Å². The minimum absolute atomic E-state index is 0.0799. The number of nitriles is 2. The van der Waals surface area contributed by atoms with E-state index in [-0.39, 0.29) is 39.5 Å². The van der Waals surface area contributed by atoms with E-state index in [4.69, 9.17) is 22.0 Å². The third-order valence-electron chi connectivity index (χ3n) is 5.97. The van der Waals surface area contributed by atoms with Gasteiger partial charge in [-0.25, -0.2) is 18.7 Å². The lowest BCUT2D eigenvalue weighted by molar-refractivity contribution is 0.584. The van der Waals surface area contributed by atoms with Crippen LogP contribution in [0.4, 0.5) is 28.9 Å². The van der Waals surface area contributed by atoms with Gasteiger partial charge >= 0.3 is 0 Å². The zero-order valence-corrected chi connectivity index (χ0v) is 21.9. The van der Waals surface area contributed by atoms with Crippen LogP contribution < -0.4 is 11.5 Å². The Bertz CT molecular complexity index is 1700. The molecular formula is C30H24F4N6. The first kappa shape index (κ1) is 29.3. The first-order valence-electron chi connectivity index (χ1n) is 11.8. The summed E-state index contributed by atoms with van der Waals surface area (Å²) in [4.78, 5) is 6.91. The molecule has 2 heterocycles. The number of nitrogens with zero attached hydrogens (tertiary/aromatic N) is 4. The second kappa shape index (κ2) is 12.1. The van der Waals surface area contributed by atoms with E-state index in [1.165, 1.54) is 42.7 Å². The number of pyridine rings is 2. The largest absolute Gasteiger partial charge is 0.398 e. The number of hydrogen-bond donors (Lipinski definition) is 2. The van der Waals surface area contributed by atoms with E-state index in [0.29, 0.717) is 27.8 Å². The Balaban J connectivity index is 0.000000220. The molecule has 0 aliphatic heterocycles. The zero-order chi connectivity index (χ0) is 29.7. The lowest BCUT2D eigenvalue weighted by Crippen LogP contribution is -2.05. The number of aromatic nitrogens is 2. The van der Waals surface area contributed by atoms with Crippen LogP contribution >= 0.6 is 0 Å².